The third-order valence-corrected chi connectivity index (χ3v) is 5.08. The predicted octanol–water partition coefficient (Wildman–Crippen LogP) is 1.14. The maximum atomic E-state index is 11.8. The number of sulfone groups is 1. The number of hydrogen-bond acceptors (Lipinski definition) is 4. The monoisotopic (exact) mass is 277 g/mol. The molecule has 0 heterocycles. The smallest absolute Gasteiger partial charge is 0.157 e. The second-order valence-electron chi connectivity index (χ2n) is 3.75. The van der Waals surface area contributed by atoms with E-state index in [0.29, 0.717) is 10.6 Å². The molecular weight excluding hydrogens is 262 g/mol. The SMILES string of the molecule is CCS(=O)(=O)[C@@H](CO)[C@H](N)c1cccc(Cl)c1. The van der Waals surface area contributed by atoms with Gasteiger partial charge in [0.1, 0.15) is 5.25 Å². The highest BCUT2D eigenvalue weighted by atomic mass is 35.5. The third kappa shape index (κ3) is 3.42. The van der Waals surface area contributed by atoms with Gasteiger partial charge in [-0.15, -0.1) is 0 Å². The van der Waals surface area contributed by atoms with Crippen molar-refractivity contribution in [1.82, 2.24) is 0 Å². The average Bonchev–Trinajstić information content (AvgIpc) is 2.29. The molecule has 0 saturated carbocycles. The number of aliphatic hydroxyl groups excluding tert-OH is 1. The lowest BCUT2D eigenvalue weighted by Crippen LogP contribution is -2.37. The van der Waals surface area contributed by atoms with Gasteiger partial charge in [0.05, 0.1) is 6.61 Å². The first kappa shape index (κ1) is 14.4. The minimum absolute atomic E-state index is 0.0491. The number of rotatable bonds is 5. The van der Waals surface area contributed by atoms with Crippen LogP contribution >= 0.6 is 11.6 Å². The van der Waals surface area contributed by atoms with Crippen LogP contribution < -0.4 is 5.73 Å². The maximum Gasteiger partial charge on any atom is 0.157 e. The van der Waals surface area contributed by atoms with Crippen molar-refractivity contribution >= 4 is 21.4 Å². The van der Waals surface area contributed by atoms with Crippen molar-refractivity contribution < 1.29 is 13.5 Å². The molecule has 6 heteroatoms. The lowest BCUT2D eigenvalue weighted by molar-refractivity contribution is 0.277. The van der Waals surface area contributed by atoms with Gasteiger partial charge in [0.15, 0.2) is 9.84 Å². The number of hydrogen-bond donors (Lipinski definition) is 2. The van der Waals surface area contributed by atoms with Crippen LogP contribution in [0, 0.1) is 0 Å². The zero-order chi connectivity index (χ0) is 13.1. The van der Waals surface area contributed by atoms with Crippen molar-refractivity contribution in [3.05, 3.63) is 34.9 Å². The molecule has 0 aliphatic carbocycles. The summed E-state index contributed by atoms with van der Waals surface area (Å²) in [5, 5.41) is 8.70. The van der Waals surface area contributed by atoms with Gasteiger partial charge >= 0.3 is 0 Å². The highest BCUT2D eigenvalue weighted by Gasteiger charge is 2.30. The Kier molecular flexibility index (Phi) is 4.94. The quantitative estimate of drug-likeness (QED) is 0.846. The molecule has 0 radical (unpaired) electrons. The van der Waals surface area contributed by atoms with Gasteiger partial charge in [0, 0.05) is 16.8 Å². The van der Waals surface area contributed by atoms with E-state index in [2.05, 4.69) is 0 Å². The third-order valence-electron chi connectivity index (χ3n) is 2.68. The first-order valence-corrected chi connectivity index (χ1v) is 7.35. The first-order chi connectivity index (χ1) is 7.92. The van der Waals surface area contributed by atoms with Crippen molar-refractivity contribution in [2.24, 2.45) is 5.73 Å². The molecule has 3 N–H and O–H groups in total. The Morgan fingerprint density at radius 2 is 2.12 bits per heavy atom. The molecule has 0 aliphatic rings. The molecule has 4 nitrogen and oxygen atoms in total. The van der Waals surface area contributed by atoms with Crippen molar-refractivity contribution in [3.63, 3.8) is 0 Å². The van der Waals surface area contributed by atoms with Gasteiger partial charge in [-0.1, -0.05) is 30.7 Å². The van der Waals surface area contributed by atoms with Crippen molar-refractivity contribution in [2.75, 3.05) is 12.4 Å². The Hall–Kier alpha value is -0.620. The van der Waals surface area contributed by atoms with Gasteiger partial charge < -0.3 is 10.8 Å². The van der Waals surface area contributed by atoms with Gasteiger partial charge in [-0.3, -0.25) is 0 Å². The molecule has 0 aromatic heterocycles. The Balaban J connectivity index is 3.06. The fourth-order valence-electron chi connectivity index (χ4n) is 1.59. The van der Waals surface area contributed by atoms with Gasteiger partial charge in [-0.25, -0.2) is 8.42 Å². The summed E-state index contributed by atoms with van der Waals surface area (Å²) < 4.78 is 23.5. The summed E-state index contributed by atoms with van der Waals surface area (Å²) >= 11 is 5.82. The van der Waals surface area contributed by atoms with Crippen LogP contribution in [0.2, 0.25) is 5.02 Å². The molecule has 1 aromatic rings. The Morgan fingerprint density at radius 3 is 2.59 bits per heavy atom. The zero-order valence-electron chi connectivity index (χ0n) is 9.51. The zero-order valence-corrected chi connectivity index (χ0v) is 11.1. The van der Waals surface area contributed by atoms with Crippen LogP contribution in [0.15, 0.2) is 24.3 Å². The van der Waals surface area contributed by atoms with Crippen LogP contribution in [0.5, 0.6) is 0 Å². The van der Waals surface area contributed by atoms with Crippen LogP contribution in [0.3, 0.4) is 0 Å². The summed E-state index contributed by atoms with van der Waals surface area (Å²) in [5.74, 6) is -0.0491. The predicted molar refractivity (Wildman–Crippen MR) is 68.7 cm³/mol. The van der Waals surface area contributed by atoms with Crippen molar-refractivity contribution in [2.45, 2.75) is 18.2 Å². The van der Waals surface area contributed by atoms with Crippen molar-refractivity contribution in [1.29, 1.82) is 0 Å². The van der Waals surface area contributed by atoms with Crippen LogP contribution in [-0.2, 0) is 9.84 Å². The normalized spacial score (nSPS) is 15.5. The molecule has 0 unspecified atom stereocenters. The first-order valence-electron chi connectivity index (χ1n) is 5.25. The van der Waals surface area contributed by atoms with Crippen molar-refractivity contribution in [3.8, 4) is 0 Å². The highest BCUT2D eigenvalue weighted by Crippen LogP contribution is 2.22. The molecule has 1 rings (SSSR count). The van der Waals surface area contributed by atoms with E-state index in [0.717, 1.165) is 0 Å². The highest BCUT2D eigenvalue weighted by molar-refractivity contribution is 7.92. The Labute approximate surface area is 106 Å². The molecule has 0 amide bonds. The van der Waals surface area contributed by atoms with E-state index < -0.39 is 27.7 Å². The molecule has 0 aliphatic heterocycles. The van der Waals surface area contributed by atoms with E-state index in [1.54, 1.807) is 24.3 Å². The van der Waals surface area contributed by atoms with Crippen LogP contribution in [0.25, 0.3) is 0 Å². The molecular formula is C11H16ClNO3S. The second kappa shape index (κ2) is 5.82. The van der Waals surface area contributed by atoms with E-state index in [1.807, 2.05) is 0 Å². The van der Waals surface area contributed by atoms with Crippen LogP contribution in [0.1, 0.15) is 18.5 Å². The summed E-state index contributed by atoms with van der Waals surface area (Å²) in [6, 6.07) is 5.92. The van der Waals surface area contributed by atoms with E-state index in [9.17, 15) is 13.5 Å². The molecule has 1 aromatic carbocycles. The van der Waals surface area contributed by atoms with Crippen LogP contribution in [0.4, 0.5) is 0 Å². The summed E-state index contributed by atoms with van der Waals surface area (Å²) in [4.78, 5) is 0. The fraction of sp³-hybridized carbons (Fsp3) is 0.455. The Bertz CT molecular complexity index is 475. The minimum Gasteiger partial charge on any atom is -0.395 e. The Morgan fingerprint density at radius 1 is 1.47 bits per heavy atom. The summed E-state index contributed by atoms with van der Waals surface area (Å²) in [5.41, 5.74) is 6.49. The lowest BCUT2D eigenvalue weighted by Gasteiger charge is -2.22. The molecule has 2 atom stereocenters. The summed E-state index contributed by atoms with van der Waals surface area (Å²) in [6.45, 7) is 1.03. The van der Waals surface area contributed by atoms with Gasteiger partial charge in [0.2, 0.25) is 0 Å². The summed E-state index contributed by atoms with van der Waals surface area (Å²) in [7, 11) is -3.39. The molecule has 96 valence electrons. The van der Waals surface area contributed by atoms with Gasteiger partial charge in [-0.2, -0.15) is 0 Å². The number of nitrogens with two attached hydrogens (primary N) is 1. The maximum absolute atomic E-state index is 11.8. The lowest BCUT2D eigenvalue weighted by atomic mass is 10.1. The molecule has 0 spiro atoms. The van der Waals surface area contributed by atoms with Gasteiger partial charge in [-0.05, 0) is 17.7 Å². The second-order valence-corrected chi connectivity index (χ2v) is 6.70. The number of aliphatic hydroxyl groups is 1. The molecule has 17 heavy (non-hydrogen) atoms. The summed E-state index contributed by atoms with van der Waals surface area (Å²) in [6.07, 6.45) is 0. The van der Waals surface area contributed by atoms with E-state index in [4.69, 9.17) is 17.3 Å². The van der Waals surface area contributed by atoms with E-state index in [-0.39, 0.29) is 5.75 Å². The average molecular weight is 278 g/mol. The van der Waals surface area contributed by atoms with E-state index in [1.165, 1.54) is 6.92 Å². The number of halogens is 1. The largest absolute Gasteiger partial charge is 0.395 e. The molecule has 0 saturated heterocycles. The molecule has 0 bridgehead atoms. The van der Waals surface area contributed by atoms with Gasteiger partial charge in [0.25, 0.3) is 0 Å². The van der Waals surface area contributed by atoms with Crippen LogP contribution in [-0.4, -0.2) is 31.1 Å². The minimum atomic E-state index is -3.39. The fourth-order valence-corrected chi connectivity index (χ4v) is 3.05. The topological polar surface area (TPSA) is 80.4 Å². The molecule has 0 fully saturated rings. The van der Waals surface area contributed by atoms with E-state index >= 15 is 0 Å². The standard InChI is InChI=1S/C11H16ClNO3S/c1-2-17(15,16)10(7-14)11(13)8-4-3-5-9(12)6-8/h3-6,10-11,14H,2,7,13H2,1H3/t10-,11+/m0/s1. The number of benzene rings is 1.